The van der Waals surface area contributed by atoms with Crippen LogP contribution in [0.5, 0.6) is 0 Å². The third-order valence-corrected chi connectivity index (χ3v) is 3.38. The number of ether oxygens (including phenoxy) is 2. The Morgan fingerprint density at radius 3 is 2.62 bits per heavy atom. The van der Waals surface area contributed by atoms with Gasteiger partial charge in [-0.1, -0.05) is 6.92 Å². The van der Waals surface area contributed by atoms with Crippen LogP contribution in [0.1, 0.15) is 26.2 Å². The summed E-state index contributed by atoms with van der Waals surface area (Å²) in [5, 5.41) is 9.11. The van der Waals surface area contributed by atoms with Crippen molar-refractivity contribution < 1.29 is 14.6 Å². The Labute approximate surface area is 79.0 Å². The van der Waals surface area contributed by atoms with Crippen molar-refractivity contribution in [3.63, 3.8) is 0 Å². The van der Waals surface area contributed by atoms with Gasteiger partial charge in [0.2, 0.25) is 0 Å². The highest BCUT2D eigenvalue weighted by Gasteiger charge is 2.43. The van der Waals surface area contributed by atoms with Crippen LogP contribution >= 0.6 is 0 Å². The van der Waals surface area contributed by atoms with Crippen molar-refractivity contribution in [2.24, 2.45) is 11.8 Å². The molecule has 1 aliphatic carbocycles. The topological polar surface area (TPSA) is 38.7 Å². The normalized spacial score (nSPS) is 38.3. The van der Waals surface area contributed by atoms with Crippen LogP contribution in [0, 0.1) is 11.8 Å². The largest absolute Gasteiger partial charge is 0.396 e. The van der Waals surface area contributed by atoms with Crippen LogP contribution in [-0.4, -0.2) is 30.7 Å². The lowest BCUT2D eigenvalue weighted by molar-refractivity contribution is -0.195. The Balaban J connectivity index is 1.97. The highest BCUT2D eigenvalue weighted by atomic mass is 16.7. The minimum absolute atomic E-state index is 0.287. The zero-order chi connectivity index (χ0) is 9.31. The molecule has 1 spiro atoms. The number of hydrogen-bond acceptors (Lipinski definition) is 3. The van der Waals surface area contributed by atoms with Gasteiger partial charge in [0.25, 0.3) is 0 Å². The molecule has 1 N–H and O–H groups in total. The first-order valence-electron chi connectivity index (χ1n) is 5.14. The summed E-state index contributed by atoms with van der Waals surface area (Å²) in [7, 11) is 0. The first kappa shape index (κ1) is 9.44. The van der Waals surface area contributed by atoms with Gasteiger partial charge in [0, 0.05) is 19.4 Å². The van der Waals surface area contributed by atoms with Gasteiger partial charge in [0.05, 0.1) is 13.2 Å². The molecule has 2 unspecified atom stereocenters. The average molecular weight is 186 g/mol. The summed E-state index contributed by atoms with van der Waals surface area (Å²) in [6, 6.07) is 0. The predicted molar refractivity (Wildman–Crippen MR) is 48.2 cm³/mol. The van der Waals surface area contributed by atoms with Gasteiger partial charge in [-0.15, -0.1) is 0 Å². The summed E-state index contributed by atoms with van der Waals surface area (Å²) in [5.41, 5.74) is 0. The van der Waals surface area contributed by atoms with E-state index in [0.717, 1.165) is 32.5 Å². The highest BCUT2D eigenvalue weighted by Crippen LogP contribution is 2.41. The molecule has 1 heterocycles. The minimum atomic E-state index is -0.287. The van der Waals surface area contributed by atoms with Crippen molar-refractivity contribution in [1.29, 1.82) is 0 Å². The van der Waals surface area contributed by atoms with Gasteiger partial charge < -0.3 is 14.6 Å². The van der Waals surface area contributed by atoms with Crippen LogP contribution in [0.3, 0.4) is 0 Å². The van der Waals surface area contributed by atoms with Gasteiger partial charge in [0.1, 0.15) is 0 Å². The van der Waals surface area contributed by atoms with E-state index < -0.39 is 0 Å². The molecule has 2 fully saturated rings. The molecular weight excluding hydrogens is 168 g/mol. The smallest absolute Gasteiger partial charge is 0.168 e. The van der Waals surface area contributed by atoms with Gasteiger partial charge >= 0.3 is 0 Å². The van der Waals surface area contributed by atoms with Crippen LogP contribution in [0.15, 0.2) is 0 Å². The Kier molecular flexibility index (Phi) is 2.58. The Hall–Kier alpha value is -0.120. The lowest BCUT2D eigenvalue weighted by Crippen LogP contribution is -2.40. The van der Waals surface area contributed by atoms with Crippen molar-refractivity contribution in [3.8, 4) is 0 Å². The van der Waals surface area contributed by atoms with Crippen LogP contribution in [-0.2, 0) is 9.47 Å². The molecule has 2 atom stereocenters. The van der Waals surface area contributed by atoms with E-state index in [1.165, 1.54) is 0 Å². The molecule has 0 aromatic carbocycles. The number of aliphatic hydroxyl groups is 1. The molecule has 1 aliphatic heterocycles. The van der Waals surface area contributed by atoms with E-state index >= 15 is 0 Å². The second-order valence-corrected chi connectivity index (χ2v) is 4.27. The lowest BCUT2D eigenvalue weighted by Gasteiger charge is -2.38. The van der Waals surface area contributed by atoms with E-state index in [-0.39, 0.29) is 5.79 Å². The summed E-state index contributed by atoms with van der Waals surface area (Å²) < 4.78 is 11.3. The Bertz CT molecular complexity index is 175. The van der Waals surface area contributed by atoms with Crippen LogP contribution < -0.4 is 0 Å². The van der Waals surface area contributed by atoms with E-state index in [2.05, 4.69) is 6.92 Å². The van der Waals surface area contributed by atoms with Crippen molar-refractivity contribution >= 4 is 0 Å². The molecule has 76 valence electrons. The van der Waals surface area contributed by atoms with Crippen molar-refractivity contribution in [1.82, 2.24) is 0 Å². The fourth-order valence-electron chi connectivity index (χ4n) is 2.48. The van der Waals surface area contributed by atoms with Gasteiger partial charge in [0.15, 0.2) is 5.79 Å². The third-order valence-electron chi connectivity index (χ3n) is 3.38. The third kappa shape index (κ3) is 1.73. The summed E-state index contributed by atoms with van der Waals surface area (Å²) in [6.45, 7) is 3.94. The predicted octanol–water partition coefficient (Wildman–Crippen LogP) is 1.16. The molecule has 1 saturated carbocycles. The minimum Gasteiger partial charge on any atom is -0.396 e. The molecule has 0 amide bonds. The van der Waals surface area contributed by atoms with E-state index in [1.807, 2.05) is 0 Å². The van der Waals surface area contributed by atoms with Crippen LogP contribution in [0.2, 0.25) is 0 Å². The summed E-state index contributed by atoms with van der Waals surface area (Å²) in [4.78, 5) is 0. The van der Waals surface area contributed by atoms with Crippen molar-refractivity contribution in [2.45, 2.75) is 32.0 Å². The van der Waals surface area contributed by atoms with Gasteiger partial charge in [-0.05, 0) is 18.3 Å². The number of hydrogen-bond donors (Lipinski definition) is 1. The van der Waals surface area contributed by atoms with Crippen LogP contribution in [0.4, 0.5) is 0 Å². The lowest BCUT2D eigenvalue weighted by atomic mass is 9.77. The standard InChI is InChI=1S/C10H18O3/c1-8-6-10(12-4-5-13-10)3-2-9(8)7-11/h8-9,11H,2-7H2,1H3. The molecule has 0 aromatic rings. The zero-order valence-corrected chi connectivity index (χ0v) is 8.16. The second kappa shape index (κ2) is 3.56. The maximum atomic E-state index is 9.11. The number of aliphatic hydroxyl groups excluding tert-OH is 1. The second-order valence-electron chi connectivity index (χ2n) is 4.27. The molecule has 3 nitrogen and oxygen atoms in total. The van der Waals surface area contributed by atoms with E-state index in [4.69, 9.17) is 14.6 Å². The summed E-state index contributed by atoms with van der Waals surface area (Å²) >= 11 is 0. The molecule has 0 radical (unpaired) electrons. The fraction of sp³-hybridized carbons (Fsp3) is 1.00. The quantitative estimate of drug-likeness (QED) is 0.668. The Morgan fingerprint density at radius 1 is 1.38 bits per heavy atom. The van der Waals surface area contributed by atoms with E-state index in [1.54, 1.807) is 0 Å². The molecule has 13 heavy (non-hydrogen) atoms. The monoisotopic (exact) mass is 186 g/mol. The first-order valence-corrected chi connectivity index (χ1v) is 5.14. The molecule has 3 heteroatoms. The molecular formula is C10H18O3. The molecule has 0 bridgehead atoms. The number of rotatable bonds is 1. The van der Waals surface area contributed by atoms with Crippen LogP contribution in [0.25, 0.3) is 0 Å². The van der Waals surface area contributed by atoms with Crippen molar-refractivity contribution in [3.05, 3.63) is 0 Å². The van der Waals surface area contributed by atoms with Gasteiger partial charge in [-0.25, -0.2) is 0 Å². The molecule has 0 aromatic heterocycles. The average Bonchev–Trinajstić information content (AvgIpc) is 2.54. The van der Waals surface area contributed by atoms with Gasteiger partial charge in [-0.2, -0.15) is 0 Å². The summed E-state index contributed by atoms with van der Waals surface area (Å²) in [5.74, 6) is 0.667. The molecule has 1 saturated heterocycles. The maximum absolute atomic E-state index is 9.11. The maximum Gasteiger partial charge on any atom is 0.168 e. The molecule has 2 rings (SSSR count). The SMILES string of the molecule is CC1CC2(CCC1CO)OCCO2. The van der Waals surface area contributed by atoms with E-state index in [0.29, 0.717) is 18.4 Å². The Morgan fingerprint density at radius 2 is 2.08 bits per heavy atom. The van der Waals surface area contributed by atoms with Gasteiger partial charge in [-0.3, -0.25) is 0 Å². The van der Waals surface area contributed by atoms with E-state index in [9.17, 15) is 0 Å². The zero-order valence-electron chi connectivity index (χ0n) is 8.16. The fourth-order valence-corrected chi connectivity index (χ4v) is 2.48. The first-order chi connectivity index (χ1) is 6.26. The summed E-state index contributed by atoms with van der Waals surface area (Å²) in [6.07, 6.45) is 2.92. The molecule has 2 aliphatic rings. The highest BCUT2D eigenvalue weighted by molar-refractivity contribution is 4.85. The van der Waals surface area contributed by atoms with Crippen molar-refractivity contribution in [2.75, 3.05) is 19.8 Å².